The van der Waals surface area contributed by atoms with E-state index in [0.717, 1.165) is 27.8 Å². The fourth-order valence-corrected chi connectivity index (χ4v) is 6.62. The van der Waals surface area contributed by atoms with Crippen molar-refractivity contribution in [2.75, 3.05) is 6.61 Å². The summed E-state index contributed by atoms with van der Waals surface area (Å²) < 4.78 is 32.9. The van der Waals surface area contributed by atoms with Gasteiger partial charge in [0.15, 0.2) is 0 Å². The van der Waals surface area contributed by atoms with Crippen LogP contribution in [0.15, 0.2) is 164 Å². The second-order valence-corrected chi connectivity index (χ2v) is 12.9. The van der Waals surface area contributed by atoms with Gasteiger partial charge in [-0.3, -0.25) is 4.90 Å². The van der Waals surface area contributed by atoms with Crippen molar-refractivity contribution in [3.8, 4) is 0 Å². The molecular formula is C45H47NO6. The first-order valence-corrected chi connectivity index (χ1v) is 17.9. The minimum absolute atomic E-state index is 0.114. The number of carbonyl (C=O) groups is 1. The van der Waals surface area contributed by atoms with Crippen molar-refractivity contribution in [1.29, 1.82) is 0 Å². The molecule has 0 N–H and O–H groups in total. The average molecular weight is 698 g/mol. The van der Waals surface area contributed by atoms with E-state index in [1.807, 2.05) is 158 Å². The van der Waals surface area contributed by atoms with Crippen molar-refractivity contribution in [3.63, 3.8) is 0 Å². The van der Waals surface area contributed by atoms with E-state index in [1.165, 1.54) is 0 Å². The van der Waals surface area contributed by atoms with Gasteiger partial charge in [-0.15, -0.1) is 6.58 Å². The van der Waals surface area contributed by atoms with Crippen LogP contribution in [0.4, 0.5) is 4.79 Å². The molecule has 0 radical (unpaired) electrons. The van der Waals surface area contributed by atoms with Crippen molar-refractivity contribution < 1.29 is 28.5 Å². The van der Waals surface area contributed by atoms with Crippen LogP contribution >= 0.6 is 0 Å². The van der Waals surface area contributed by atoms with E-state index in [0.29, 0.717) is 32.8 Å². The van der Waals surface area contributed by atoms with Gasteiger partial charge >= 0.3 is 6.09 Å². The molecule has 0 aromatic heterocycles. The molecule has 5 atom stereocenters. The largest absolute Gasteiger partial charge is 0.445 e. The highest BCUT2D eigenvalue weighted by atomic mass is 16.6. The van der Waals surface area contributed by atoms with Crippen LogP contribution in [0.25, 0.3) is 0 Å². The number of amides is 1. The van der Waals surface area contributed by atoms with E-state index in [9.17, 15) is 4.79 Å². The van der Waals surface area contributed by atoms with Gasteiger partial charge < -0.3 is 23.7 Å². The first kappa shape index (κ1) is 36.7. The first-order chi connectivity index (χ1) is 25.7. The van der Waals surface area contributed by atoms with Crippen molar-refractivity contribution in [1.82, 2.24) is 4.90 Å². The molecule has 7 nitrogen and oxygen atoms in total. The third kappa shape index (κ3) is 10.3. The first-order valence-electron chi connectivity index (χ1n) is 17.9. The number of ether oxygens (including phenoxy) is 5. The maximum absolute atomic E-state index is 14.6. The fraction of sp³-hybridized carbons (Fsp3) is 0.267. The second-order valence-electron chi connectivity index (χ2n) is 12.9. The van der Waals surface area contributed by atoms with Crippen LogP contribution in [-0.4, -0.2) is 48.0 Å². The van der Waals surface area contributed by atoms with E-state index in [2.05, 4.69) is 6.58 Å². The molecule has 0 spiro atoms. The topological polar surface area (TPSA) is 66.5 Å². The molecule has 0 bridgehead atoms. The Morgan fingerprint density at radius 2 is 1.00 bits per heavy atom. The fourth-order valence-electron chi connectivity index (χ4n) is 6.62. The van der Waals surface area contributed by atoms with Gasteiger partial charge in [0.2, 0.25) is 0 Å². The lowest BCUT2D eigenvalue weighted by molar-refractivity contribution is -0.103. The highest BCUT2D eigenvalue weighted by molar-refractivity contribution is 5.69. The lowest BCUT2D eigenvalue weighted by Crippen LogP contribution is -2.51. The molecule has 6 rings (SSSR count). The molecule has 1 aliphatic heterocycles. The van der Waals surface area contributed by atoms with Crippen LogP contribution in [0, 0.1) is 0 Å². The Morgan fingerprint density at radius 3 is 1.48 bits per heavy atom. The highest BCUT2D eigenvalue weighted by Gasteiger charge is 2.56. The average Bonchev–Trinajstić information content (AvgIpc) is 3.51. The maximum atomic E-state index is 14.6. The van der Waals surface area contributed by atoms with Gasteiger partial charge in [0, 0.05) is 0 Å². The Balaban J connectivity index is 1.37. The summed E-state index contributed by atoms with van der Waals surface area (Å²) in [5, 5.41) is 0. The Hall–Kier alpha value is -5.05. The summed E-state index contributed by atoms with van der Waals surface area (Å²) in [5.74, 6) is 0. The molecule has 1 saturated heterocycles. The molecule has 1 aliphatic rings. The summed E-state index contributed by atoms with van der Waals surface area (Å²) in [6.45, 7) is 5.74. The van der Waals surface area contributed by atoms with E-state index >= 15 is 0 Å². The molecule has 0 aliphatic carbocycles. The van der Waals surface area contributed by atoms with Crippen LogP contribution in [0.1, 0.15) is 34.2 Å². The predicted molar refractivity (Wildman–Crippen MR) is 202 cm³/mol. The second kappa shape index (κ2) is 19.5. The zero-order chi connectivity index (χ0) is 35.8. The van der Waals surface area contributed by atoms with E-state index < -0.39 is 36.5 Å². The Kier molecular flexibility index (Phi) is 13.8. The molecule has 1 heterocycles. The quantitative estimate of drug-likeness (QED) is 0.0853. The SMILES string of the molecule is C=CC[C@@H](OCc1ccccc1)[C@@H]1[C@@H](OCc2ccccc2)[C@H](OCc2ccccc2)[C@@H](COCc2ccccc2)N1C(=O)OCc1ccccc1. The van der Waals surface area contributed by atoms with Crippen LogP contribution in [-0.2, 0) is 56.7 Å². The van der Waals surface area contributed by atoms with E-state index in [-0.39, 0.29) is 13.2 Å². The predicted octanol–water partition coefficient (Wildman–Crippen LogP) is 8.93. The number of rotatable bonds is 18. The van der Waals surface area contributed by atoms with Crippen molar-refractivity contribution in [2.45, 2.75) is 69.9 Å². The van der Waals surface area contributed by atoms with Crippen molar-refractivity contribution in [3.05, 3.63) is 192 Å². The van der Waals surface area contributed by atoms with Crippen LogP contribution in [0.3, 0.4) is 0 Å². The summed E-state index contributed by atoms with van der Waals surface area (Å²) in [6, 6.07) is 48.6. The number of benzene rings is 5. The number of carbonyl (C=O) groups excluding carboxylic acids is 1. The standard InChI is InChI=1S/C45H47NO6/c1-2-18-41(49-30-36-21-10-4-11-22-36)42-44(51-32-38-25-14-6-15-26-38)43(50-31-37-23-12-5-13-24-37)40(34-48-29-35-19-8-3-9-20-35)46(42)45(47)52-33-39-27-16-7-17-28-39/h2-17,19-28,40-44H,1,18,29-34H2/t40-,41-,42-,43-,44-/m1/s1. The zero-order valence-corrected chi connectivity index (χ0v) is 29.5. The Bertz CT molecular complexity index is 1760. The molecule has 5 aromatic carbocycles. The lowest BCUT2D eigenvalue weighted by atomic mass is 10.00. The van der Waals surface area contributed by atoms with Gasteiger partial charge in [0.25, 0.3) is 0 Å². The van der Waals surface area contributed by atoms with Gasteiger partial charge in [0.05, 0.1) is 51.2 Å². The number of likely N-dealkylation sites (tertiary alicyclic amines) is 1. The summed E-state index contributed by atoms with van der Waals surface area (Å²) in [6.07, 6.45) is 0.133. The van der Waals surface area contributed by atoms with E-state index in [1.54, 1.807) is 4.90 Å². The monoisotopic (exact) mass is 697 g/mol. The number of nitrogens with zero attached hydrogens (tertiary/aromatic N) is 1. The molecule has 0 unspecified atom stereocenters. The molecule has 268 valence electrons. The normalized spacial score (nSPS) is 18.9. The van der Waals surface area contributed by atoms with Crippen molar-refractivity contribution >= 4 is 6.09 Å². The Morgan fingerprint density at radius 1 is 0.577 bits per heavy atom. The summed E-state index contributed by atoms with van der Waals surface area (Å²) >= 11 is 0. The summed E-state index contributed by atoms with van der Waals surface area (Å²) in [5.41, 5.74) is 4.97. The van der Waals surface area contributed by atoms with Crippen molar-refractivity contribution in [2.24, 2.45) is 0 Å². The maximum Gasteiger partial charge on any atom is 0.410 e. The van der Waals surface area contributed by atoms with Gasteiger partial charge in [-0.25, -0.2) is 4.79 Å². The smallest absolute Gasteiger partial charge is 0.410 e. The molecule has 0 saturated carbocycles. The summed E-state index contributed by atoms with van der Waals surface area (Å²) in [7, 11) is 0. The molecule has 5 aromatic rings. The van der Waals surface area contributed by atoms with E-state index in [4.69, 9.17) is 23.7 Å². The third-order valence-electron chi connectivity index (χ3n) is 9.19. The number of hydrogen-bond donors (Lipinski definition) is 0. The molecule has 1 amide bonds. The van der Waals surface area contributed by atoms with Gasteiger partial charge in [-0.05, 0) is 34.2 Å². The molecular weight excluding hydrogens is 650 g/mol. The summed E-state index contributed by atoms with van der Waals surface area (Å²) in [4.78, 5) is 16.3. The van der Waals surface area contributed by atoms with Crippen LogP contribution < -0.4 is 0 Å². The third-order valence-corrected chi connectivity index (χ3v) is 9.19. The molecule has 52 heavy (non-hydrogen) atoms. The lowest BCUT2D eigenvalue weighted by Gasteiger charge is -2.35. The highest BCUT2D eigenvalue weighted by Crippen LogP contribution is 2.37. The zero-order valence-electron chi connectivity index (χ0n) is 29.5. The van der Waals surface area contributed by atoms with Gasteiger partial charge in [-0.2, -0.15) is 0 Å². The van der Waals surface area contributed by atoms with Crippen LogP contribution in [0.5, 0.6) is 0 Å². The minimum atomic E-state index is -0.598. The molecule has 7 heteroatoms. The van der Waals surface area contributed by atoms with Crippen LogP contribution in [0.2, 0.25) is 0 Å². The Labute approximate surface area is 307 Å². The number of hydrogen-bond acceptors (Lipinski definition) is 6. The van der Waals surface area contributed by atoms with Gasteiger partial charge in [0.1, 0.15) is 18.8 Å². The van der Waals surface area contributed by atoms with Gasteiger partial charge in [-0.1, -0.05) is 158 Å². The molecule has 1 fully saturated rings. The minimum Gasteiger partial charge on any atom is -0.445 e.